The van der Waals surface area contributed by atoms with Gasteiger partial charge in [-0.2, -0.15) is 0 Å². The van der Waals surface area contributed by atoms with Crippen LogP contribution in [0.4, 0.5) is 0 Å². The quantitative estimate of drug-likeness (QED) is 0.709. The molecule has 3 rings (SSSR count). The number of esters is 1. The van der Waals surface area contributed by atoms with Crippen LogP contribution in [0.1, 0.15) is 22.0 Å². The van der Waals surface area contributed by atoms with Gasteiger partial charge in [-0.25, -0.2) is 17.9 Å². The Morgan fingerprint density at radius 1 is 1.11 bits per heavy atom. The Morgan fingerprint density at radius 3 is 2.36 bits per heavy atom. The normalized spacial score (nSPS) is 16.5. The number of nitrogens with zero attached hydrogens (tertiary/aromatic N) is 1. The minimum absolute atomic E-state index is 0.0887. The van der Waals surface area contributed by atoms with Gasteiger partial charge in [-0.1, -0.05) is 30.3 Å². The number of carbonyl (C=O) groups excluding carboxylic acids is 1. The second kappa shape index (κ2) is 9.29. The SMILES string of the molecule is COC(=O)c1ccc(S(=O)(=O)NC[C@H](c2ccccc2)N2CCOCC2)cc1. The van der Waals surface area contributed by atoms with Crippen molar-refractivity contribution < 1.29 is 22.7 Å². The molecule has 1 N–H and O–H groups in total. The summed E-state index contributed by atoms with van der Waals surface area (Å²) < 4.78 is 38.2. The smallest absolute Gasteiger partial charge is 0.337 e. The summed E-state index contributed by atoms with van der Waals surface area (Å²) in [7, 11) is -2.43. The number of nitrogens with one attached hydrogen (secondary N) is 1. The van der Waals surface area contributed by atoms with Crippen molar-refractivity contribution >= 4 is 16.0 Å². The van der Waals surface area contributed by atoms with E-state index in [1.165, 1.54) is 31.4 Å². The number of methoxy groups -OCH3 is 1. The van der Waals surface area contributed by atoms with Gasteiger partial charge < -0.3 is 9.47 Å². The molecule has 0 saturated carbocycles. The lowest BCUT2D eigenvalue weighted by Gasteiger charge is -2.34. The Kier molecular flexibility index (Phi) is 6.79. The standard InChI is InChI=1S/C20H24N2O5S/c1-26-20(23)17-7-9-18(10-8-17)28(24,25)21-15-19(16-5-3-2-4-6-16)22-11-13-27-14-12-22/h2-10,19,21H,11-15H2,1H3/t19-/m1/s1. The average molecular weight is 404 g/mol. The van der Waals surface area contributed by atoms with Gasteiger partial charge in [0, 0.05) is 25.7 Å². The first-order chi connectivity index (χ1) is 13.5. The van der Waals surface area contributed by atoms with E-state index in [0.29, 0.717) is 18.8 Å². The second-order valence-electron chi connectivity index (χ2n) is 6.44. The van der Waals surface area contributed by atoms with Gasteiger partial charge in [0.25, 0.3) is 0 Å². The molecule has 1 aliphatic heterocycles. The zero-order valence-electron chi connectivity index (χ0n) is 15.7. The Balaban J connectivity index is 1.75. The molecule has 150 valence electrons. The van der Waals surface area contributed by atoms with Crippen LogP contribution in [0.15, 0.2) is 59.5 Å². The fourth-order valence-electron chi connectivity index (χ4n) is 3.18. The van der Waals surface area contributed by atoms with E-state index in [1.807, 2.05) is 30.3 Å². The van der Waals surface area contributed by atoms with E-state index in [4.69, 9.17) is 4.74 Å². The summed E-state index contributed by atoms with van der Waals surface area (Å²) in [5, 5.41) is 0. The molecule has 0 bridgehead atoms. The van der Waals surface area contributed by atoms with E-state index in [1.54, 1.807) is 0 Å². The topological polar surface area (TPSA) is 84.9 Å². The summed E-state index contributed by atoms with van der Waals surface area (Å²) >= 11 is 0. The molecule has 28 heavy (non-hydrogen) atoms. The molecule has 8 heteroatoms. The highest BCUT2D eigenvalue weighted by Crippen LogP contribution is 2.22. The summed E-state index contributed by atoms with van der Waals surface area (Å²) in [6, 6.07) is 15.4. The summed E-state index contributed by atoms with van der Waals surface area (Å²) in [6.45, 7) is 2.99. The van der Waals surface area contributed by atoms with Crippen LogP contribution < -0.4 is 4.72 Å². The second-order valence-corrected chi connectivity index (χ2v) is 8.21. The molecule has 0 radical (unpaired) electrons. The third-order valence-electron chi connectivity index (χ3n) is 4.72. The Labute approximate surface area is 165 Å². The number of hydrogen-bond acceptors (Lipinski definition) is 6. The van der Waals surface area contributed by atoms with Gasteiger partial charge in [-0.05, 0) is 29.8 Å². The van der Waals surface area contributed by atoms with Gasteiger partial charge in [0.05, 0.1) is 30.8 Å². The third kappa shape index (κ3) is 4.96. The summed E-state index contributed by atoms with van der Waals surface area (Å²) in [6.07, 6.45) is 0. The minimum atomic E-state index is -3.71. The van der Waals surface area contributed by atoms with E-state index in [0.717, 1.165) is 18.7 Å². The van der Waals surface area contributed by atoms with Gasteiger partial charge >= 0.3 is 5.97 Å². The number of rotatable bonds is 7. The minimum Gasteiger partial charge on any atom is -0.465 e. The number of carbonyl (C=O) groups is 1. The Hall–Kier alpha value is -2.26. The van der Waals surface area contributed by atoms with Gasteiger partial charge in [0.2, 0.25) is 10.0 Å². The van der Waals surface area contributed by atoms with Gasteiger partial charge in [-0.3, -0.25) is 4.90 Å². The van der Waals surface area contributed by atoms with Crippen LogP contribution in [0.25, 0.3) is 0 Å². The van der Waals surface area contributed by atoms with Crippen LogP contribution in [0.3, 0.4) is 0 Å². The lowest BCUT2D eigenvalue weighted by molar-refractivity contribution is 0.0172. The zero-order valence-corrected chi connectivity index (χ0v) is 16.5. The highest BCUT2D eigenvalue weighted by Gasteiger charge is 2.25. The summed E-state index contributed by atoms with van der Waals surface area (Å²) in [5.74, 6) is -0.506. The van der Waals surface area contributed by atoms with E-state index < -0.39 is 16.0 Å². The molecule has 0 aromatic heterocycles. The molecule has 0 unspecified atom stereocenters. The van der Waals surface area contributed by atoms with Crippen molar-refractivity contribution in [3.63, 3.8) is 0 Å². The molecule has 1 atom stereocenters. The van der Waals surface area contributed by atoms with Crippen molar-refractivity contribution in [2.75, 3.05) is 40.0 Å². The first kappa shape index (κ1) is 20.5. The van der Waals surface area contributed by atoms with E-state index in [2.05, 4.69) is 14.4 Å². The maximum Gasteiger partial charge on any atom is 0.337 e. The van der Waals surface area contributed by atoms with Crippen LogP contribution in [0.5, 0.6) is 0 Å². The predicted octanol–water partition coefficient (Wildman–Crippen LogP) is 1.82. The third-order valence-corrected chi connectivity index (χ3v) is 6.16. The fraction of sp³-hybridized carbons (Fsp3) is 0.350. The van der Waals surface area contributed by atoms with Crippen LogP contribution >= 0.6 is 0 Å². The van der Waals surface area contributed by atoms with Crippen molar-refractivity contribution in [2.45, 2.75) is 10.9 Å². The molecule has 0 aliphatic carbocycles. The molecular weight excluding hydrogens is 380 g/mol. The van der Waals surface area contributed by atoms with Crippen molar-refractivity contribution in [3.05, 3.63) is 65.7 Å². The Morgan fingerprint density at radius 2 is 1.75 bits per heavy atom. The van der Waals surface area contributed by atoms with E-state index in [9.17, 15) is 13.2 Å². The molecule has 2 aromatic rings. The van der Waals surface area contributed by atoms with Gasteiger partial charge in [0.15, 0.2) is 0 Å². The first-order valence-corrected chi connectivity index (χ1v) is 10.5. The summed E-state index contributed by atoms with van der Waals surface area (Å²) in [5.41, 5.74) is 1.35. The first-order valence-electron chi connectivity index (χ1n) is 9.06. The highest BCUT2D eigenvalue weighted by atomic mass is 32.2. The van der Waals surface area contributed by atoms with Gasteiger partial charge in [0.1, 0.15) is 0 Å². The molecule has 7 nitrogen and oxygen atoms in total. The lowest BCUT2D eigenvalue weighted by atomic mass is 10.1. The van der Waals surface area contributed by atoms with Crippen LogP contribution in [0.2, 0.25) is 0 Å². The molecule has 0 amide bonds. The molecular formula is C20H24N2O5S. The van der Waals surface area contributed by atoms with E-state index >= 15 is 0 Å². The van der Waals surface area contributed by atoms with Crippen LogP contribution in [-0.2, 0) is 19.5 Å². The lowest BCUT2D eigenvalue weighted by Crippen LogP contribution is -2.43. The maximum atomic E-state index is 12.7. The number of benzene rings is 2. The molecule has 2 aromatic carbocycles. The zero-order chi connectivity index (χ0) is 20.0. The number of hydrogen-bond donors (Lipinski definition) is 1. The number of morpholine rings is 1. The van der Waals surface area contributed by atoms with Crippen molar-refractivity contribution in [3.8, 4) is 0 Å². The molecule has 1 fully saturated rings. The van der Waals surface area contributed by atoms with Gasteiger partial charge in [-0.15, -0.1) is 0 Å². The number of ether oxygens (including phenoxy) is 2. The predicted molar refractivity (Wildman–Crippen MR) is 105 cm³/mol. The molecule has 1 saturated heterocycles. The summed E-state index contributed by atoms with van der Waals surface area (Å²) in [4.78, 5) is 13.8. The molecule has 1 aliphatic rings. The average Bonchev–Trinajstić information content (AvgIpc) is 2.75. The Bertz CT molecular complexity index is 879. The van der Waals surface area contributed by atoms with Crippen molar-refractivity contribution in [1.82, 2.24) is 9.62 Å². The largest absolute Gasteiger partial charge is 0.465 e. The van der Waals surface area contributed by atoms with Crippen molar-refractivity contribution in [2.24, 2.45) is 0 Å². The van der Waals surface area contributed by atoms with E-state index in [-0.39, 0.29) is 17.5 Å². The maximum absolute atomic E-state index is 12.7. The van der Waals surface area contributed by atoms with Crippen LogP contribution in [-0.4, -0.2) is 59.2 Å². The monoisotopic (exact) mass is 404 g/mol. The number of sulfonamides is 1. The van der Waals surface area contributed by atoms with Crippen LogP contribution in [0, 0.1) is 0 Å². The molecule has 1 heterocycles. The fourth-order valence-corrected chi connectivity index (χ4v) is 4.22. The van der Waals surface area contributed by atoms with Crippen molar-refractivity contribution in [1.29, 1.82) is 0 Å². The highest BCUT2D eigenvalue weighted by molar-refractivity contribution is 7.89. The molecule has 0 spiro atoms.